The first-order valence-corrected chi connectivity index (χ1v) is 6.35. The van der Waals surface area contributed by atoms with Crippen molar-refractivity contribution in [2.45, 2.75) is 25.8 Å². The highest BCUT2D eigenvalue weighted by Crippen LogP contribution is 2.40. The van der Waals surface area contributed by atoms with E-state index in [2.05, 4.69) is 21.5 Å². The maximum atomic E-state index is 11.8. The molecule has 20 heavy (non-hydrogen) atoms. The number of aliphatic hydroxyl groups is 1. The zero-order valence-electron chi connectivity index (χ0n) is 11.1. The van der Waals surface area contributed by atoms with Crippen LogP contribution in [-0.4, -0.2) is 24.6 Å². The summed E-state index contributed by atoms with van der Waals surface area (Å²) in [5.74, 6) is 0.378. The molecule has 1 aliphatic rings. The van der Waals surface area contributed by atoms with E-state index in [1.54, 1.807) is 4.57 Å². The Labute approximate surface area is 114 Å². The van der Waals surface area contributed by atoms with Gasteiger partial charge in [0.2, 0.25) is 5.95 Å². The summed E-state index contributed by atoms with van der Waals surface area (Å²) in [6.45, 7) is 6.00. The van der Waals surface area contributed by atoms with Crippen LogP contribution in [0.3, 0.4) is 0 Å². The highest BCUT2D eigenvalue weighted by molar-refractivity contribution is 5.71. The number of hydrogen-bond acceptors (Lipinski definition) is 5. The summed E-state index contributed by atoms with van der Waals surface area (Å²) in [6, 6.07) is -0.177. The molecule has 0 radical (unpaired) electrons. The summed E-state index contributed by atoms with van der Waals surface area (Å²) in [6.07, 6.45) is 2.68. The summed E-state index contributed by atoms with van der Waals surface area (Å²) < 4.78 is 1.74. The molecule has 0 bridgehead atoms. The average molecular weight is 273 g/mol. The number of aromatic nitrogens is 4. The number of fused-ring (bicyclic) bond motifs is 1. The van der Waals surface area contributed by atoms with E-state index < -0.39 is 0 Å². The van der Waals surface area contributed by atoms with Gasteiger partial charge >= 0.3 is 0 Å². The lowest BCUT2D eigenvalue weighted by atomic mass is 10.1. The molecule has 104 valence electrons. The Balaban J connectivity index is 2.14. The lowest BCUT2D eigenvalue weighted by Crippen LogP contribution is -2.14. The van der Waals surface area contributed by atoms with Gasteiger partial charge in [-0.15, -0.1) is 0 Å². The Hall–Kier alpha value is -2.57. The molecule has 2 aromatic rings. The highest BCUT2D eigenvalue weighted by Gasteiger charge is 2.29. The third kappa shape index (κ3) is 1.63. The molecule has 2 heterocycles. The maximum Gasteiger partial charge on any atom is 0.280 e. The molecular formula is C13H15N5O2. The molecule has 0 aromatic carbocycles. The number of allylic oxidation sites excluding steroid dienone is 3. The topological polar surface area (TPSA) is 110 Å². The molecular weight excluding hydrogens is 258 g/mol. The molecule has 0 unspecified atom stereocenters. The molecule has 0 spiro atoms. The monoisotopic (exact) mass is 273 g/mol. The Morgan fingerprint density at radius 2 is 2.40 bits per heavy atom. The fraction of sp³-hybridized carbons (Fsp3) is 0.308. The van der Waals surface area contributed by atoms with Crippen molar-refractivity contribution in [2.24, 2.45) is 0 Å². The zero-order valence-corrected chi connectivity index (χ0v) is 11.1. The molecule has 0 fully saturated rings. The van der Waals surface area contributed by atoms with Gasteiger partial charge in [-0.1, -0.05) is 13.5 Å². The smallest absolute Gasteiger partial charge is 0.280 e. The molecule has 0 amide bonds. The Kier molecular flexibility index (Phi) is 2.63. The number of hydrogen-bond donors (Lipinski definition) is 3. The van der Waals surface area contributed by atoms with E-state index in [1.165, 1.54) is 6.33 Å². The summed E-state index contributed by atoms with van der Waals surface area (Å²) in [5, 5.41) is 9.98. The van der Waals surface area contributed by atoms with Gasteiger partial charge < -0.3 is 15.4 Å². The second-order valence-corrected chi connectivity index (χ2v) is 4.80. The number of imidazole rings is 1. The molecule has 7 nitrogen and oxygen atoms in total. The molecule has 7 heteroatoms. The maximum absolute atomic E-state index is 11.8. The number of anilines is 1. The van der Waals surface area contributed by atoms with E-state index in [0.717, 1.165) is 11.1 Å². The molecule has 0 saturated carbocycles. The van der Waals surface area contributed by atoms with Crippen LogP contribution in [0.5, 0.6) is 0 Å². The average Bonchev–Trinajstić information content (AvgIpc) is 2.91. The SMILES string of the molecule is C=C1C(CC)=C(O)C[C@@H]1n1cnc2c(=O)[nH]c(N)nc21. The molecule has 1 aliphatic carbocycles. The van der Waals surface area contributed by atoms with E-state index in [-0.39, 0.29) is 23.1 Å². The Bertz CT molecular complexity index is 799. The first-order chi connectivity index (χ1) is 9.52. The molecule has 4 N–H and O–H groups in total. The normalized spacial score (nSPS) is 19.2. The van der Waals surface area contributed by atoms with Crippen molar-refractivity contribution < 1.29 is 5.11 Å². The van der Waals surface area contributed by atoms with E-state index in [9.17, 15) is 9.90 Å². The van der Waals surface area contributed by atoms with Crippen LogP contribution in [0.2, 0.25) is 0 Å². The minimum atomic E-state index is -0.372. The summed E-state index contributed by atoms with van der Waals surface area (Å²) >= 11 is 0. The minimum Gasteiger partial charge on any atom is -0.512 e. The van der Waals surface area contributed by atoms with Gasteiger partial charge in [0.1, 0.15) is 0 Å². The van der Waals surface area contributed by atoms with Gasteiger partial charge in [0.15, 0.2) is 11.2 Å². The van der Waals surface area contributed by atoms with Gasteiger partial charge in [-0.05, 0) is 17.6 Å². The second kappa shape index (κ2) is 4.22. The summed E-state index contributed by atoms with van der Waals surface area (Å²) in [7, 11) is 0. The number of aromatic amines is 1. The lowest BCUT2D eigenvalue weighted by Gasteiger charge is -2.14. The van der Waals surface area contributed by atoms with Gasteiger partial charge in [0.25, 0.3) is 5.56 Å². The summed E-state index contributed by atoms with van der Waals surface area (Å²) in [4.78, 5) is 22.4. The fourth-order valence-corrected chi connectivity index (χ4v) is 2.68. The number of nitrogens with one attached hydrogen (secondary N) is 1. The van der Waals surface area contributed by atoms with Gasteiger partial charge in [0, 0.05) is 6.42 Å². The number of nitrogens with zero attached hydrogens (tertiary/aromatic N) is 3. The Morgan fingerprint density at radius 3 is 3.05 bits per heavy atom. The van der Waals surface area contributed by atoms with Crippen molar-refractivity contribution in [2.75, 3.05) is 5.73 Å². The van der Waals surface area contributed by atoms with Crippen molar-refractivity contribution in [3.05, 3.63) is 40.2 Å². The second-order valence-electron chi connectivity index (χ2n) is 4.80. The number of aliphatic hydroxyl groups excluding tert-OH is 1. The van der Waals surface area contributed by atoms with Crippen molar-refractivity contribution in [3.8, 4) is 0 Å². The first-order valence-electron chi connectivity index (χ1n) is 6.35. The zero-order chi connectivity index (χ0) is 14.4. The van der Waals surface area contributed by atoms with Crippen molar-refractivity contribution >= 4 is 17.1 Å². The van der Waals surface area contributed by atoms with Crippen LogP contribution >= 0.6 is 0 Å². The number of nitrogen functional groups attached to an aromatic ring is 1. The minimum absolute atomic E-state index is 0.0424. The van der Waals surface area contributed by atoms with Crippen LogP contribution in [0.1, 0.15) is 25.8 Å². The van der Waals surface area contributed by atoms with Crippen molar-refractivity contribution in [1.29, 1.82) is 0 Å². The third-order valence-corrected chi connectivity index (χ3v) is 3.66. The van der Waals surface area contributed by atoms with E-state index in [0.29, 0.717) is 24.2 Å². The Morgan fingerprint density at radius 1 is 1.65 bits per heavy atom. The molecule has 3 rings (SSSR count). The van der Waals surface area contributed by atoms with Gasteiger partial charge in [0.05, 0.1) is 18.1 Å². The molecule has 0 aliphatic heterocycles. The van der Waals surface area contributed by atoms with E-state index in [4.69, 9.17) is 5.73 Å². The predicted octanol–water partition coefficient (Wildman–Crippen LogP) is 1.42. The molecule has 2 aromatic heterocycles. The fourth-order valence-electron chi connectivity index (χ4n) is 2.68. The number of nitrogens with two attached hydrogens (primary N) is 1. The standard InChI is InChI=1S/C13H15N5O2/c1-3-7-6(2)8(4-9(7)19)18-5-15-10-11(18)16-13(14)17-12(10)20/h5,8,19H,2-4H2,1H3,(H3,14,16,17,20)/t8-/m0/s1. The van der Waals surface area contributed by atoms with Crippen LogP contribution in [0, 0.1) is 0 Å². The lowest BCUT2D eigenvalue weighted by molar-refractivity contribution is 0.376. The number of rotatable bonds is 2. The molecule has 0 saturated heterocycles. The highest BCUT2D eigenvalue weighted by atomic mass is 16.3. The van der Waals surface area contributed by atoms with Crippen LogP contribution in [0.4, 0.5) is 5.95 Å². The predicted molar refractivity (Wildman–Crippen MR) is 75.3 cm³/mol. The van der Waals surface area contributed by atoms with Crippen molar-refractivity contribution in [1.82, 2.24) is 19.5 Å². The van der Waals surface area contributed by atoms with E-state index in [1.807, 2.05) is 6.92 Å². The number of H-pyrrole nitrogens is 1. The van der Waals surface area contributed by atoms with Gasteiger partial charge in [-0.25, -0.2) is 4.98 Å². The van der Waals surface area contributed by atoms with Crippen molar-refractivity contribution in [3.63, 3.8) is 0 Å². The van der Waals surface area contributed by atoms with Crippen LogP contribution in [0.25, 0.3) is 11.2 Å². The van der Waals surface area contributed by atoms with Gasteiger partial charge in [-0.3, -0.25) is 9.78 Å². The summed E-state index contributed by atoms with van der Waals surface area (Å²) in [5.41, 5.74) is 7.52. The van der Waals surface area contributed by atoms with Gasteiger partial charge in [-0.2, -0.15) is 4.98 Å². The van der Waals surface area contributed by atoms with E-state index >= 15 is 0 Å². The molecule has 1 atom stereocenters. The van der Waals surface area contributed by atoms with Crippen LogP contribution in [0.15, 0.2) is 34.6 Å². The first kappa shape index (κ1) is 12.5. The quantitative estimate of drug-likeness (QED) is 0.766. The van der Waals surface area contributed by atoms with Crippen LogP contribution < -0.4 is 11.3 Å². The van der Waals surface area contributed by atoms with Crippen LogP contribution in [-0.2, 0) is 0 Å². The third-order valence-electron chi connectivity index (χ3n) is 3.66. The largest absolute Gasteiger partial charge is 0.512 e.